The van der Waals surface area contributed by atoms with E-state index < -0.39 is 0 Å². The Kier molecular flexibility index (Phi) is 3.67. The monoisotopic (exact) mass is 292 g/mol. The van der Waals surface area contributed by atoms with Crippen LogP contribution in [0.3, 0.4) is 0 Å². The number of pyridine rings is 1. The highest BCUT2D eigenvalue weighted by molar-refractivity contribution is 5.61. The van der Waals surface area contributed by atoms with Crippen LogP contribution in [0.2, 0.25) is 0 Å². The van der Waals surface area contributed by atoms with Crippen LogP contribution in [0.15, 0.2) is 54.9 Å². The van der Waals surface area contributed by atoms with Gasteiger partial charge in [-0.3, -0.25) is 10.1 Å². The molecule has 2 N–H and O–H groups in total. The van der Waals surface area contributed by atoms with Gasteiger partial charge in [0.15, 0.2) is 0 Å². The van der Waals surface area contributed by atoms with Crippen LogP contribution in [-0.4, -0.2) is 22.2 Å². The molecule has 0 radical (unpaired) electrons. The minimum Gasteiger partial charge on any atom is -0.388 e. The first-order valence-corrected chi connectivity index (χ1v) is 7.36. The van der Waals surface area contributed by atoms with Crippen molar-refractivity contribution in [3.63, 3.8) is 0 Å². The zero-order chi connectivity index (χ0) is 15.6. The zero-order valence-corrected chi connectivity index (χ0v) is 13.1. The number of rotatable bonds is 4. The highest BCUT2D eigenvalue weighted by Gasteiger charge is 2.27. The molecule has 22 heavy (non-hydrogen) atoms. The third-order valence-electron chi connectivity index (χ3n) is 4.08. The summed E-state index contributed by atoms with van der Waals surface area (Å²) < 4.78 is 0. The Balaban J connectivity index is 2.01. The smallest absolute Gasteiger partial charge is 0.0939 e. The third kappa shape index (κ3) is 2.48. The number of nitrogens with zero attached hydrogens (tertiary/aromatic N) is 2. The van der Waals surface area contributed by atoms with E-state index in [0.29, 0.717) is 0 Å². The molecule has 2 aromatic heterocycles. The largest absolute Gasteiger partial charge is 0.388 e. The highest BCUT2D eigenvalue weighted by atomic mass is 15.1. The first-order valence-electron chi connectivity index (χ1n) is 7.36. The molecule has 3 aromatic rings. The summed E-state index contributed by atoms with van der Waals surface area (Å²) in [6, 6.07) is 14.4. The number of nitrogens with one attached hydrogen (secondary N) is 2. The van der Waals surface area contributed by atoms with Gasteiger partial charge in [0.1, 0.15) is 0 Å². The molecule has 0 saturated carbocycles. The summed E-state index contributed by atoms with van der Waals surface area (Å²) in [7, 11) is 1.95. The van der Waals surface area contributed by atoms with E-state index in [1.54, 1.807) is 6.20 Å². The third-order valence-corrected chi connectivity index (χ3v) is 4.08. The van der Waals surface area contributed by atoms with E-state index >= 15 is 0 Å². The summed E-state index contributed by atoms with van der Waals surface area (Å²) in [5.74, 6) is 0. The Hall–Kier alpha value is -2.62. The lowest BCUT2D eigenvalue weighted by Gasteiger charge is -2.26. The fraction of sp³-hybridized carbons (Fsp3) is 0.222. The molecule has 0 saturated heterocycles. The van der Waals surface area contributed by atoms with Crippen molar-refractivity contribution in [2.75, 3.05) is 12.4 Å². The molecule has 4 heteroatoms. The molecule has 2 heterocycles. The molecular formula is C18H20N4. The Labute approximate surface area is 130 Å². The van der Waals surface area contributed by atoms with Gasteiger partial charge < -0.3 is 5.32 Å². The molecule has 4 nitrogen and oxygen atoms in total. The van der Waals surface area contributed by atoms with E-state index in [4.69, 9.17) is 0 Å². The van der Waals surface area contributed by atoms with Gasteiger partial charge in [0.05, 0.1) is 5.69 Å². The number of para-hydroxylation sites is 1. The minimum atomic E-state index is -0.174. The van der Waals surface area contributed by atoms with E-state index in [9.17, 15) is 0 Å². The standard InChI is InChI=1S/C18H20N4/c1-18(2,14-8-4-5-9-15(14)19-3)17-11-16(21-22-17)13-7-6-10-20-12-13/h4-12,19H,1-3H3,(H,21,22). The van der Waals surface area contributed by atoms with E-state index in [2.05, 4.69) is 58.6 Å². The van der Waals surface area contributed by atoms with Gasteiger partial charge in [0, 0.05) is 41.8 Å². The number of hydrogen-bond donors (Lipinski definition) is 2. The highest BCUT2D eigenvalue weighted by Crippen LogP contribution is 2.36. The number of aromatic nitrogens is 3. The molecule has 0 amide bonds. The van der Waals surface area contributed by atoms with Crippen molar-refractivity contribution >= 4 is 5.69 Å². The first-order chi connectivity index (χ1) is 10.6. The molecule has 0 aliphatic carbocycles. The predicted molar refractivity (Wildman–Crippen MR) is 89.9 cm³/mol. The van der Waals surface area contributed by atoms with Crippen molar-refractivity contribution in [2.45, 2.75) is 19.3 Å². The molecule has 0 atom stereocenters. The van der Waals surface area contributed by atoms with Gasteiger partial charge in [-0.05, 0) is 29.8 Å². The lowest BCUT2D eigenvalue weighted by atomic mass is 9.80. The SMILES string of the molecule is CNc1ccccc1C(C)(C)c1cc(-c2cccnc2)n[nH]1. The van der Waals surface area contributed by atoms with Crippen LogP contribution in [0.4, 0.5) is 5.69 Å². The maximum Gasteiger partial charge on any atom is 0.0939 e. The van der Waals surface area contributed by atoms with Crippen LogP contribution in [0.1, 0.15) is 25.1 Å². The maximum absolute atomic E-state index is 4.45. The number of benzene rings is 1. The molecule has 112 valence electrons. The van der Waals surface area contributed by atoms with Gasteiger partial charge in [-0.15, -0.1) is 0 Å². The van der Waals surface area contributed by atoms with Crippen LogP contribution in [0.5, 0.6) is 0 Å². The number of anilines is 1. The molecule has 0 aliphatic rings. The number of hydrogen-bond acceptors (Lipinski definition) is 3. The van der Waals surface area contributed by atoms with Crippen molar-refractivity contribution in [1.82, 2.24) is 15.2 Å². The van der Waals surface area contributed by atoms with Gasteiger partial charge in [-0.2, -0.15) is 5.10 Å². The van der Waals surface area contributed by atoms with Crippen LogP contribution in [0.25, 0.3) is 11.3 Å². The summed E-state index contributed by atoms with van der Waals surface area (Å²) in [4.78, 5) is 4.15. The summed E-state index contributed by atoms with van der Waals surface area (Å²) >= 11 is 0. The fourth-order valence-corrected chi connectivity index (χ4v) is 2.70. The average Bonchev–Trinajstić information content (AvgIpc) is 3.06. The molecule has 0 spiro atoms. The second-order valence-electron chi connectivity index (χ2n) is 5.83. The van der Waals surface area contributed by atoms with E-state index in [-0.39, 0.29) is 5.41 Å². The van der Waals surface area contributed by atoms with Crippen LogP contribution in [0, 0.1) is 0 Å². The minimum absolute atomic E-state index is 0.174. The fourth-order valence-electron chi connectivity index (χ4n) is 2.70. The average molecular weight is 292 g/mol. The van der Waals surface area contributed by atoms with Gasteiger partial charge in [0.25, 0.3) is 0 Å². The van der Waals surface area contributed by atoms with Gasteiger partial charge in [-0.25, -0.2) is 0 Å². The van der Waals surface area contributed by atoms with Crippen LogP contribution < -0.4 is 5.32 Å². The van der Waals surface area contributed by atoms with Crippen molar-refractivity contribution in [3.05, 3.63) is 66.1 Å². The van der Waals surface area contributed by atoms with Crippen LogP contribution in [-0.2, 0) is 5.41 Å². The quantitative estimate of drug-likeness (QED) is 0.768. The predicted octanol–water partition coefficient (Wildman–Crippen LogP) is 3.84. The number of aromatic amines is 1. The molecule has 1 aromatic carbocycles. The Morgan fingerprint density at radius 1 is 1.09 bits per heavy atom. The Morgan fingerprint density at radius 3 is 2.64 bits per heavy atom. The molecule has 0 fully saturated rings. The summed E-state index contributed by atoms with van der Waals surface area (Å²) in [6.07, 6.45) is 3.60. The Morgan fingerprint density at radius 2 is 1.91 bits per heavy atom. The van der Waals surface area contributed by atoms with Crippen molar-refractivity contribution < 1.29 is 0 Å². The molecule has 3 rings (SSSR count). The normalized spacial score (nSPS) is 11.4. The summed E-state index contributed by atoms with van der Waals surface area (Å²) in [5, 5.41) is 10.9. The second-order valence-corrected chi connectivity index (χ2v) is 5.83. The van der Waals surface area contributed by atoms with E-state index in [1.165, 1.54) is 5.56 Å². The topological polar surface area (TPSA) is 53.6 Å². The second kappa shape index (κ2) is 5.64. The molecular weight excluding hydrogens is 272 g/mol. The van der Waals surface area contributed by atoms with Crippen molar-refractivity contribution in [3.8, 4) is 11.3 Å². The summed E-state index contributed by atoms with van der Waals surface area (Å²) in [6.45, 7) is 4.40. The molecule has 0 aliphatic heterocycles. The van der Waals surface area contributed by atoms with Gasteiger partial charge >= 0.3 is 0 Å². The van der Waals surface area contributed by atoms with Crippen molar-refractivity contribution in [1.29, 1.82) is 0 Å². The first kappa shape index (κ1) is 14.3. The van der Waals surface area contributed by atoms with E-state index in [1.807, 2.05) is 31.4 Å². The lowest BCUT2D eigenvalue weighted by Crippen LogP contribution is -2.21. The lowest BCUT2D eigenvalue weighted by molar-refractivity contribution is 0.615. The molecule has 0 bridgehead atoms. The summed E-state index contributed by atoms with van der Waals surface area (Å²) in [5.41, 5.74) is 5.20. The molecule has 0 unspecified atom stereocenters. The van der Waals surface area contributed by atoms with Gasteiger partial charge in [-0.1, -0.05) is 32.0 Å². The van der Waals surface area contributed by atoms with Crippen molar-refractivity contribution in [2.24, 2.45) is 0 Å². The maximum atomic E-state index is 4.45. The Bertz CT molecular complexity index is 760. The zero-order valence-electron chi connectivity index (χ0n) is 13.1. The van der Waals surface area contributed by atoms with Crippen LogP contribution >= 0.6 is 0 Å². The van der Waals surface area contributed by atoms with Gasteiger partial charge in [0.2, 0.25) is 0 Å². The number of H-pyrrole nitrogens is 1. The van der Waals surface area contributed by atoms with E-state index in [0.717, 1.165) is 22.6 Å².